The molecule has 3 N–H and O–H groups in total. The summed E-state index contributed by atoms with van der Waals surface area (Å²) in [4.78, 5) is 21.8. The Morgan fingerprint density at radius 2 is 1.67 bits per heavy atom. The molecule has 9 nitrogen and oxygen atoms in total. The van der Waals surface area contributed by atoms with E-state index < -0.39 is 39.5 Å². The summed E-state index contributed by atoms with van der Waals surface area (Å²) in [5, 5.41) is 17.6. The van der Waals surface area contributed by atoms with Crippen LogP contribution in [0.1, 0.15) is 6.42 Å². The third-order valence-corrected chi connectivity index (χ3v) is 9.03. The van der Waals surface area contributed by atoms with E-state index in [-0.39, 0.29) is 0 Å². The van der Waals surface area contributed by atoms with Gasteiger partial charge in [0.05, 0.1) is 6.42 Å². The largest absolute Gasteiger partial charge is 0.481 e. The molecule has 1 atom stereocenters. The highest BCUT2D eigenvalue weighted by atomic mass is 32.5. The monoisotopic (exact) mass is 322 g/mol. The minimum atomic E-state index is -5.39. The molecule has 18 heavy (non-hydrogen) atoms. The number of hydrogen-bond donors (Lipinski definition) is 3. The van der Waals surface area contributed by atoms with Gasteiger partial charge in [-0.05, 0) is 11.8 Å². The molecule has 0 fully saturated rings. The number of carboxylic acid groups (broad SMARTS) is 2. The predicted octanol–water partition coefficient (Wildman–Crippen LogP) is -0.268. The molecule has 106 valence electrons. The van der Waals surface area contributed by atoms with Gasteiger partial charge in [-0.3, -0.25) is 9.35 Å². The Balaban J connectivity index is 6.38. The third kappa shape index (κ3) is 2.71. The number of aliphatic carboxylic acids is 2. The van der Waals surface area contributed by atoms with Gasteiger partial charge in [0.2, 0.25) is 6.49 Å². The fourth-order valence-electron chi connectivity index (χ4n) is 1.21. The van der Waals surface area contributed by atoms with Crippen LogP contribution in [0.15, 0.2) is 0 Å². The third-order valence-electron chi connectivity index (χ3n) is 2.07. The second-order valence-electron chi connectivity index (χ2n) is 3.00. The molecule has 0 rings (SSSR count). The number of carboxylic acids is 2. The van der Waals surface area contributed by atoms with E-state index in [1.54, 1.807) is 0 Å². The first kappa shape index (κ1) is 17.4. The van der Waals surface area contributed by atoms with E-state index in [4.69, 9.17) is 14.8 Å². The van der Waals surface area contributed by atoms with Crippen molar-refractivity contribution in [1.82, 2.24) is 0 Å². The molecular formula is C6H11O9PS2. The summed E-state index contributed by atoms with van der Waals surface area (Å²) in [7, 11) is -3.65. The van der Waals surface area contributed by atoms with Gasteiger partial charge < -0.3 is 19.3 Å². The summed E-state index contributed by atoms with van der Waals surface area (Å²) < 4.78 is 37.6. The molecule has 0 saturated heterocycles. The average molecular weight is 322 g/mol. The van der Waals surface area contributed by atoms with Crippen LogP contribution < -0.4 is 0 Å². The van der Waals surface area contributed by atoms with Gasteiger partial charge >= 0.3 is 11.9 Å². The quantitative estimate of drug-likeness (QED) is 0.422. The van der Waals surface area contributed by atoms with Gasteiger partial charge in [0, 0.05) is 14.2 Å². The Morgan fingerprint density at radius 3 is 1.83 bits per heavy atom. The van der Waals surface area contributed by atoms with Crippen molar-refractivity contribution in [2.24, 2.45) is 0 Å². The van der Waals surface area contributed by atoms with Gasteiger partial charge in [0.1, 0.15) is 0 Å². The van der Waals surface area contributed by atoms with Crippen molar-refractivity contribution in [3.63, 3.8) is 0 Å². The zero-order valence-corrected chi connectivity index (χ0v) is 11.8. The Bertz CT molecular complexity index is 489. The summed E-state index contributed by atoms with van der Waals surface area (Å²) in [6.07, 6.45) is -1.49. The zero-order chi connectivity index (χ0) is 14.8. The minimum Gasteiger partial charge on any atom is -0.481 e. The van der Waals surface area contributed by atoms with E-state index in [0.29, 0.717) is 0 Å². The topological polar surface area (TPSA) is 147 Å². The maximum absolute atomic E-state index is 11.3. The van der Waals surface area contributed by atoms with Gasteiger partial charge in [0.25, 0.3) is 14.6 Å². The van der Waals surface area contributed by atoms with Crippen molar-refractivity contribution in [1.29, 1.82) is 0 Å². The Hall–Kier alpha value is -0.580. The molecule has 1 unspecified atom stereocenters. The lowest BCUT2D eigenvalue weighted by molar-refractivity contribution is -0.144. The summed E-state index contributed by atoms with van der Waals surface area (Å²) in [5.41, 5.74) is 0. The molecule has 0 aliphatic heterocycles. The van der Waals surface area contributed by atoms with Crippen LogP contribution in [0.2, 0.25) is 0 Å². The lowest BCUT2D eigenvalue weighted by Crippen LogP contribution is -2.48. The highest BCUT2D eigenvalue weighted by Crippen LogP contribution is 2.63. The normalized spacial score (nSPS) is 15.9. The molecule has 12 heteroatoms. The van der Waals surface area contributed by atoms with Crippen LogP contribution >= 0.6 is 6.49 Å². The highest BCUT2D eigenvalue weighted by molar-refractivity contribution is 8.17. The molecule has 0 aliphatic rings. The molecule has 0 aromatic carbocycles. The first-order chi connectivity index (χ1) is 7.98. The lowest BCUT2D eigenvalue weighted by Gasteiger charge is -2.33. The van der Waals surface area contributed by atoms with Crippen LogP contribution in [-0.4, -0.2) is 53.8 Å². The fourth-order valence-corrected chi connectivity index (χ4v) is 5.89. The van der Waals surface area contributed by atoms with Crippen LogP contribution in [-0.2, 0) is 40.6 Å². The van der Waals surface area contributed by atoms with Gasteiger partial charge in [-0.2, -0.15) is 8.42 Å². The molecule has 0 saturated carbocycles. The average Bonchev–Trinajstić information content (AvgIpc) is 2.22. The first-order valence-corrected chi connectivity index (χ1v) is 8.20. The van der Waals surface area contributed by atoms with Gasteiger partial charge in [-0.15, -0.1) is 0 Å². The van der Waals surface area contributed by atoms with Crippen LogP contribution in [0, 0.1) is 0 Å². The number of hydrogen-bond acceptors (Lipinski definition) is 7. The van der Waals surface area contributed by atoms with Crippen molar-refractivity contribution >= 4 is 40.4 Å². The molecule has 0 aliphatic carbocycles. The second kappa shape index (κ2) is 5.59. The van der Waals surface area contributed by atoms with Crippen LogP contribution in [0.25, 0.3) is 0 Å². The maximum atomic E-state index is 11.3. The maximum Gasteiger partial charge on any atom is 0.338 e. The Kier molecular flexibility index (Phi) is 5.41. The van der Waals surface area contributed by atoms with E-state index in [0.717, 1.165) is 14.2 Å². The van der Waals surface area contributed by atoms with E-state index in [9.17, 15) is 18.0 Å². The van der Waals surface area contributed by atoms with E-state index >= 15 is 0 Å². The SMILES string of the molecule is COP(=S)(OC)C(CC(=O)O)(C(=O)O)S(=O)(=O)O. The van der Waals surface area contributed by atoms with Crippen molar-refractivity contribution in [3.8, 4) is 0 Å². The van der Waals surface area contributed by atoms with Crippen molar-refractivity contribution < 1.29 is 41.8 Å². The summed E-state index contributed by atoms with van der Waals surface area (Å²) >= 11 is 4.66. The summed E-state index contributed by atoms with van der Waals surface area (Å²) in [6.45, 7) is -4.14. The molecule has 0 aromatic rings. The molecule has 0 radical (unpaired) electrons. The lowest BCUT2D eigenvalue weighted by atomic mass is 10.3. The second-order valence-corrected chi connectivity index (χ2v) is 8.88. The first-order valence-electron chi connectivity index (χ1n) is 4.12. The highest BCUT2D eigenvalue weighted by Gasteiger charge is 2.64. The number of rotatable bonds is 7. The van der Waals surface area contributed by atoms with Crippen molar-refractivity contribution in [2.75, 3.05) is 14.2 Å². The minimum absolute atomic E-state index is 0.870. The van der Waals surface area contributed by atoms with Gasteiger partial charge in [0.15, 0.2) is 0 Å². The molecule has 0 amide bonds. The zero-order valence-electron chi connectivity index (χ0n) is 9.26. The van der Waals surface area contributed by atoms with Gasteiger partial charge in [-0.1, -0.05) is 0 Å². The molecule has 0 bridgehead atoms. The van der Waals surface area contributed by atoms with E-state index in [2.05, 4.69) is 20.9 Å². The fraction of sp³-hybridized carbons (Fsp3) is 0.667. The van der Waals surface area contributed by atoms with Crippen LogP contribution in [0.4, 0.5) is 0 Å². The predicted molar refractivity (Wildman–Crippen MR) is 62.5 cm³/mol. The van der Waals surface area contributed by atoms with E-state index in [1.807, 2.05) is 0 Å². The Morgan fingerprint density at radius 1 is 1.28 bits per heavy atom. The van der Waals surface area contributed by atoms with Crippen molar-refractivity contribution in [2.45, 2.75) is 10.9 Å². The molecular weight excluding hydrogens is 311 g/mol. The standard InChI is InChI=1S/C6H11O9PS2/c1-14-16(17,15-2)6(5(9)10,3-4(7)8)18(11,12)13/h3H2,1-2H3,(H,7,8)(H,9,10)(H,11,12,13). The van der Waals surface area contributed by atoms with E-state index in [1.165, 1.54) is 0 Å². The van der Waals surface area contributed by atoms with Crippen LogP contribution in [0.3, 0.4) is 0 Å². The van der Waals surface area contributed by atoms with Gasteiger partial charge in [-0.25, -0.2) is 4.79 Å². The van der Waals surface area contributed by atoms with Crippen LogP contribution in [0.5, 0.6) is 0 Å². The molecule has 0 heterocycles. The smallest absolute Gasteiger partial charge is 0.338 e. The molecule has 0 aromatic heterocycles. The molecule has 0 spiro atoms. The summed E-state index contributed by atoms with van der Waals surface area (Å²) in [5.74, 6) is -3.95. The Labute approximate surface area is 108 Å². The summed E-state index contributed by atoms with van der Waals surface area (Å²) in [6, 6.07) is 0. The number of carbonyl (C=O) groups is 2. The van der Waals surface area contributed by atoms with Crippen molar-refractivity contribution in [3.05, 3.63) is 0 Å².